The van der Waals surface area contributed by atoms with Gasteiger partial charge in [0.05, 0.1) is 4.92 Å². The van der Waals surface area contributed by atoms with Gasteiger partial charge in [-0.25, -0.2) is 4.98 Å². The molecular formula is C11H15ClN4O2. The van der Waals surface area contributed by atoms with Crippen molar-refractivity contribution in [2.75, 3.05) is 4.90 Å². The second kappa shape index (κ2) is 5.06. The highest BCUT2D eigenvalue weighted by atomic mass is 35.5. The Morgan fingerprint density at radius 3 is 2.94 bits per heavy atom. The van der Waals surface area contributed by atoms with E-state index in [1.165, 1.54) is 6.20 Å². The smallest absolute Gasteiger partial charge is 0.329 e. The second-order valence-corrected chi connectivity index (χ2v) is 4.84. The van der Waals surface area contributed by atoms with Gasteiger partial charge in [0.1, 0.15) is 6.20 Å². The van der Waals surface area contributed by atoms with Gasteiger partial charge in [0.2, 0.25) is 11.1 Å². The fourth-order valence-electron chi connectivity index (χ4n) is 2.52. The van der Waals surface area contributed by atoms with E-state index in [0.717, 1.165) is 19.3 Å². The Morgan fingerprint density at radius 1 is 1.61 bits per heavy atom. The Hall–Kier alpha value is -1.43. The average Bonchev–Trinajstić information content (AvgIpc) is 2.69. The van der Waals surface area contributed by atoms with Crippen LogP contribution in [-0.4, -0.2) is 27.0 Å². The third-order valence-electron chi connectivity index (χ3n) is 3.42. The fourth-order valence-corrected chi connectivity index (χ4v) is 2.65. The third-order valence-corrected chi connectivity index (χ3v) is 3.60. The first-order valence-corrected chi connectivity index (χ1v) is 6.37. The molecule has 1 fully saturated rings. The summed E-state index contributed by atoms with van der Waals surface area (Å²) in [6.45, 7) is 4.12. The van der Waals surface area contributed by atoms with Crippen LogP contribution >= 0.6 is 11.6 Å². The lowest BCUT2D eigenvalue weighted by Crippen LogP contribution is -2.35. The summed E-state index contributed by atoms with van der Waals surface area (Å²) in [6.07, 6.45) is 4.15. The minimum atomic E-state index is -0.455. The van der Waals surface area contributed by atoms with Crippen molar-refractivity contribution in [1.82, 2.24) is 9.97 Å². The molecule has 1 saturated heterocycles. The van der Waals surface area contributed by atoms with Gasteiger partial charge < -0.3 is 4.90 Å². The Morgan fingerprint density at radius 2 is 2.33 bits per heavy atom. The predicted octanol–water partition coefficient (Wildman–Crippen LogP) is 2.81. The molecule has 2 rings (SSSR count). The van der Waals surface area contributed by atoms with E-state index < -0.39 is 4.92 Å². The lowest BCUT2D eigenvalue weighted by Gasteiger charge is -2.28. The van der Waals surface area contributed by atoms with Gasteiger partial charge >= 0.3 is 5.69 Å². The van der Waals surface area contributed by atoms with Crippen LogP contribution in [0.25, 0.3) is 0 Å². The summed E-state index contributed by atoms with van der Waals surface area (Å²) in [5.41, 5.74) is -0.0772. The maximum Gasteiger partial charge on any atom is 0.329 e. The van der Waals surface area contributed by atoms with E-state index in [2.05, 4.69) is 23.8 Å². The molecule has 7 heteroatoms. The third kappa shape index (κ3) is 2.25. The van der Waals surface area contributed by atoms with E-state index in [0.29, 0.717) is 5.82 Å². The van der Waals surface area contributed by atoms with E-state index in [1.807, 2.05) is 4.90 Å². The molecule has 2 heterocycles. The number of halogens is 1. The highest BCUT2D eigenvalue weighted by molar-refractivity contribution is 6.28. The topological polar surface area (TPSA) is 72.2 Å². The van der Waals surface area contributed by atoms with Gasteiger partial charge in [-0.1, -0.05) is 6.92 Å². The summed E-state index contributed by atoms with van der Waals surface area (Å²) in [4.78, 5) is 20.4. The number of nitrogens with zero attached hydrogens (tertiary/aromatic N) is 4. The number of rotatable bonds is 3. The highest BCUT2D eigenvalue weighted by Gasteiger charge is 2.35. The molecule has 1 aromatic rings. The van der Waals surface area contributed by atoms with Crippen molar-refractivity contribution in [2.24, 2.45) is 0 Å². The zero-order valence-electron chi connectivity index (χ0n) is 10.3. The molecule has 0 N–H and O–H groups in total. The Bertz CT molecular complexity index is 468. The van der Waals surface area contributed by atoms with E-state index >= 15 is 0 Å². The number of hydrogen-bond donors (Lipinski definition) is 0. The summed E-state index contributed by atoms with van der Waals surface area (Å²) in [7, 11) is 0. The molecule has 98 valence electrons. The first-order valence-electron chi connectivity index (χ1n) is 5.99. The standard InChI is InChI=1S/C11H15ClN4O2/c1-3-8-5-4-7(2)15(8)10-9(16(17)18)6-13-11(12)14-10/h6-8H,3-5H2,1-2H3. The summed E-state index contributed by atoms with van der Waals surface area (Å²) in [5.74, 6) is 0.344. The molecule has 6 nitrogen and oxygen atoms in total. The van der Waals surface area contributed by atoms with Gasteiger partial charge in [-0.2, -0.15) is 4.98 Å². The van der Waals surface area contributed by atoms with Crippen molar-refractivity contribution < 1.29 is 4.92 Å². The van der Waals surface area contributed by atoms with Crippen LogP contribution in [0.4, 0.5) is 11.5 Å². The fraction of sp³-hybridized carbons (Fsp3) is 0.636. The first-order chi connectivity index (χ1) is 8.54. The molecule has 0 bridgehead atoms. The number of anilines is 1. The quantitative estimate of drug-likeness (QED) is 0.480. The second-order valence-electron chi connectivity index (χ2n) is 4.50. The molecule has 0 aliphatic carbocycles. The molecule has 1 aliphatic heterocycles. The Balaban J connectivity index is 2.48. The van der Waals surface area contributed by atoms with Crippen LogP contribution in [0.5, 0.6) is 0 Å². The zero-order chi connectivity index (χ0) is 13.3. The molecule has 0 saturated carbocycles. The first kappa shape index (κ1) is 13.0. The van der Waals surface area contributed by atoms with Gasteiger partial charge in [0.25, 0.3) is 0 Å². The summed E-state index contributed by atoms with van der Waals surface area (Å²) >= 11 is 5.77. The lowest BCUT2D eigenvalue weighted by molar-refractivity contribution is -0.384. The van der Waals surface area contributed by atoms with Gasteiger partial charge in [-0.15, -0.1) is 0 Å². The molecule has 1 aromatic heterocycles. The minimum absolute atomic E-state index is 0.0459. The number of aromatic nitrogens is 2. The summed E-state index contributed by atoms with van der Waals surface area (Å²) < 4.78 is 0. The van der Waals surface area contributed by atoms with Gasteiger partial charge in [0.15, 0.2) is 0 Å². The van der Waals surface area contributed by atoms with Crippen LogP contribution in [-0.2, 0) is 0 Å². The molecule has 2 unspecified atom stereocenters. The summed E-state index contributed by atoms with van der Waals surface area (Å²) in [5, 5.41) is 11.1. The maximum atomic E-state index is 11.0. The van der Waals surface area contributed by atoms with Gasteiger partial charge in [0, 0.05) is 12.1 Å². The van der Waals surface area contributed by atoms with Gasteiger partial charge in [-0.05, 0) is 37.8 Å². The molecule has 0 radical (unpaired) electrons. The Labute approximate surface area is 110 Å². The number of hydrogen-bond acceptors (Lipinski definition) is 5. The lowest BCUT2D eigenvalue weighted by atomic mass is 10.1. The van der Waals surface area contributed by atoms with Gasteiger partial charge in [-0.3, -0.25) is 10.1 Å². The Kier molecular flexibility index (Phi) is 3.65. The largest absolute Gasteiger partial charge is 0.345 e. The van der Waals surface area contributed by atoms with Crippen molar-refractivity contribution in [3.8, 4) is 0 Å². The molecular weight excluding hydrogens is 256 g/mol. The van der Waals surface area contributed by atoms with Crippen LogP contribution in [0.1, 0.15) is 33.1 Å². The zero-order valence-corrected chi connectivity index (χ0v) is 11.1. The maximum absolute atomic E-state index is 11.0. The highest BCUT2D eigenvalue weighted by Crippen LogP contribution is 2.36. The van der Waals surface area contributed by atoms with Crippen molar-refractivity contribution in [2.45, 2.75) is 45.2 Å². The normalized spacial score (nSPS) is 23.4. The van der Waals surface area contributed by atoms with Crippen LogP contribution < -0.4 is 4.90 Å². The van der Waals surface area contributed by atoms with E-state index in [4.69, 9.17) is 11.6 Å². The van der Waals surface area contributed by atoms with E-state index in [1.54, 1.807) is 0 Å². The monoisotopic (exact) mass is 270 g/mol. The summed E-state index contributed by atoms with van der Waals surface area (Å²) in [6, 6.07) is 0.518. The van der Waals surface area contributed by atoms with E-state index in [9.17, 15) is 10.1 Å². The number of nitro groups is 1. The molecule has 1 aliphatic rings. The SMILES string of the molecule is CCC1CCC(C)N1c1nc(Cl)ncc1[N+](=O)[O-]. The van der Waals surface area contributed by atoms with Crippen LogP contribution in [0.15, 0.2) is 6.20 Å². The average molecular weight is 271 g/mol. The minimum Gasteiger partial charge on any atom is -0.345 e. The molecule has 2 atom stereocenters. The van der Waals surface area contributed by atoms with Crippen molar-refractivity contribution in [3.63, 3.8) is 0 Å². The molecule has 0 aromatic carbocycles. The van der Waals surface area contributed by atoms with Crippen LogP contribution in [0.3, 0.4) is 0 Å². The molecule has 18 heavy (non-hydrogen) atoms. The van der Waals surface area contributed by atoms with Crippen LogP contribution in [0, 0.1) is 10.1 Å². The van der Waals surface area contributed by atoms with Crippen LogP contribution in [0.2, 0.25) is 5.28 Å². The van der Waals surface area contributed by atoms with Crippen molar-refractivity contribution in [1.29, 1.82) is 0 Å². The molecule has 0 amide bonds. The van der Waals surface area contributed by atoms with Crippen molar-refractivity contribution in [3.05, 3.63) is 21.6 Å². The van der Waals surface area contributed by atoms with E-state index in [-0.39, 0.29) is 23.1 Å². The molecule has 0 spiro atoms. The van der Waals surface area contributed by atoms with Crippen molar-refractivity contribution >= 4 is 23.1 Å². The predicted molar refractivity (Wildman–Crippen MR) is 69.0 cm³/mol.